The Morgan fingerprint density at radius 3 is 3.00 bits per heavy atom. The minimum atomic E-state index is -0.0478. The summed E-state index contributed by atoms with van der Waals surface area (Å²) in [6.45, 7) is 2.00. The fraction of sp³-hybridized carbons (Fsp3) is 0.500. The van der Waals surface area contributed by atoms with Crippen molar-refractivity contribution in [2.45, 2.75) is 31.8 Å². The lowest BCUT2D eigenvalue weighted by Gasteiger charge is -2.12. The first kappa shape index (κ1) is 9.52. The molecule has 0 radical (unpaired) electrons. The van der Waals surface area contributed by atoms with Gasteiger partial charge in [-0.1, -0.05) is 6.07 Å². The minimum Gasteiger partial charge on any atom is -0.335 e. The molecular weight excluding hydrogens is 196 g/mol. The summed E-state index contributed by atoms with van der Waals surface area (Å²) in [5, 5.41) is 7.84. The molecule has 2 N–H and O–H groups in total. The maximum Gasteiger partial charge on any atom is 0.315 e. The second-order valence-electron chi connectivity index (χ2n) is 3.63. The molecule has 1 saturated carbocycles. The Morgan fingerprint density at radius 2 is 2.43 bits per heavy atom. The SMILES string of the molecule is CC(NC(=O)NC1CC1)c1cccs1. The van der Waals surface area contributed by atoms with Crippen LogP contribution in [-0.4, -0.2) is 12.1 Å². The van der Waals surface area contributed by atoms with Crippen LogP contribution in [0, 0.1) is 0 Å². The van der Waals surface area contributed by atoms with Crippen LogP contribution in [0.1, 0.15) is 30.7 Å². The Labute approximate surface area is 87.5 Å². The number of thiophene rings is 1. The highest BCUT2D eigenvalue weighted by Gasteiger charge is 2.23. The standard InChI is InChI=1S/C10H14N2OS/c1-7(9-3-2-6-14-9)11-10(13)12-8-4-5-8/h2-3,6-8H,4-5H2,1H3,(H2,11,12,13). The van der Waals surface area contributed by atoms with Crippen molar-refractivity contribution in [1.29, 1.82) is 0 Å². The smallest absolute Gasteiger partial charge is 0.315 e. The average Bonchev–Trinajstić information content (AvgIpc) is 2.80. The monoisotopic (exact) mass is 210 g/mol. The molecule has 1 aromatic heterocycles. The normalized spacial score (nSPS) is 17.5. The number of hydrogen-bond acceptors (Lipinski definition) is 2. The zero-order chi connectivity index (χ0) is 9.97. The zero-order valence-corrected chi connectivity index (χ0v) is 8.93. The third kappa shape index (κ3) is 2.48. The Bertz CT molecular complexity index is 306. The van der Waals surface area contributed by atoms with E-state index in [1.807, 2.05) is 24.4 Å². The van der Waals surface area contributed by atoms with Crippen molar-refractivity contribution in [1.82, 2.24) is 10.6 Å². The molecule has 76 valence electrons. The number of amides is 2. The highest BCUT2D eigenvalue weighted by molar-refractivity contribution is 7.10. The maximum atomic E-state index is 11.4. The van der Waals surface area contributed by atoms with E-state index in [4.69, 9.17) is 0 Å². The van der Waals surface area contributed by atoms with Crippen molar-refractivity contribution in [2.24, 2.45) is 0 Å². The van der Waals surface area contributed by atoms with Gasteiger partial charge in [-0.05, 0) is 31.2 Å². The number of hydrogen-bond donors (Lipinski definition) is 2. The van der Waals surface area contributed by atoms with E-state index in [0.717, 1.165) is 12.8 Å². The second-order valence-corrected chi connectivity index (χ2v) is 4.61. The Kier molecular flexibility index (Phi) is 2.72. The van der Waals surface area contributed by atoms with Crippen LogP contribution in [0.2, 0.25) is 0 Å². The van der Waals surface area contributed by atoms with E-state index in [-0.39, 0.29) is 12.1 Å². The van der Waals surface area contributed by atoms with Gasteiger partial charge in [0.15, 0.2) is 0 Å². The van der Waals surface area contributed by atoms with Crippen LogP contribution in [0.4, 0.5) is 4.79 Å². The van der Waals surface area contributed by atoms with Crippen LogP contribution in [-0.2, 0) is 0 Å². The predicted molar refractivity (Wildman–Crippen MR) is 57.4 cm³/mol. The molecule has 0 spiro atoms. The van der Waals surface area contributed by atoms with Gasteiger partial charge in [-0.3, -0.25) is 0 Å². The van der Waals surface area contributed by atoms with Crippen molar-refractivity contribution in [3.8, 4) is 0 Å². The van der Waals surface area contributed by atoms with Gasteiger partial charge in [-0.25, -0.2) is 4.79 Å². The van der Waals surface area contributed by atoms with Crippen molar-refractivity contribution in [2.75, 3.05) is 0 Å². The summed E-state index contributed by atoms with van der Waals surface area (Å²) in [5.41, 5.74) is 0. The molecular formula is C10H14N2OS. The highest BCUT2D eigenvalue weighted by Crippen LogP contribution is 2.20. The van der Waals surface area contributed by atoms with Crippen LogP contribution < -0.4 is 10.6 Å². The Balaban J connectivity index is 1.81. The summed E-state index contributed by atoms with van der Waals surface area (Å²) in [4.78, 5) is 12.6. The van der Waals surface area contributed by atoms with E-state index >= 15 is 0 Å². The second kappa shape index (κ2) is 4.00. The van der Waals surface area contributed by atoms with E-state index in [2.05, 4.69) is 10.6 Å². The zero-order valence-electron chi connectivity index (χ0n) is 8.12. The first-order valence-corrected chi connectivity index (χ1v) is 5.74. The van der Waals surface area contributed by atoms with Gasteiger partial charge < -0.3 is 10.6 Å². The number of urea groups is 1. The lowest BCUT2D eigenvalue weighted by Crippen LogP contribution is -2.37. The summed E-state index contributed by atoms with van der Waals surface area (Å²) in [6, 6.07) is 4.51. The van der Waals surface area contributed by atoms with Crippen LogP contribution in [0.3, 0.4) is 0 Å². The van der Waals surface area contributed by atoms with E-state index in [0.29, 0.717) is 6.04 Å². The minimum absolute atomic E-state index is 0.0478. The van der Waals surface area contributed by atoms with Gasteiger partial charge in [0, 0.05) is 10.9 Å². The molecule has 0 saturated heterocycles. The van der Waals surface area contributed by atoms with Crippen molar-refractivity contribution < 1.29 is 4.79 Å². The first-order valence-electron chi connectivity index (χ1n) is 4.86. The summed E-state index contributed by atoms with van der Waals surface area (Å²) >= 11 is 1.67. The average molecular weight is 210 g/mol. The molecule has 0 aromatic carbocycles. The summed E-state index contributed by atoms with van der Waals surface area (Å²) < 4.78 is 0. The summed E-state index contributed by atoms with van der Waals surface area (Å²) in [7, 11) is 0. The Hall–Kier alpha value is -1.03. The highest BCUT2D eigenvalue weighted by atomic mass is 32.1. The number of nitrogens with one attached hydrogen (secondary N) is 2. The molecule has 1 aliphatic rings. The lowest BCUT2D eigenvalue weighted by molar-refractivity contribution is 0.237. The Morgan fingerprint density at radius 1 is 1.64 bits per heavy atom. The molecule has 1 aliphatic carbocycles. The van der Waals surface area contributed by atoms with Crippen LogP contribution in [0.15, 0.2) is 17.5 Å². The molecule has 3 nitrogen and oxygen atoms in total. The van der Waals surface area contributed by atoms with Crippen molar-refractivity contribution in [3.05, 3.63) is 22.4 Å². The van der Waals surface area contributed by atoms with Gasteiger partial charge in [0.2, 0.25) is 0 Å². The van der Waals surface area contributed by atoms with E-state index in [1.54, 1.807) is 11.3 Å². The van der Waals surface area contributed by atoms with E-state index in [1.165, 1.54) is 4.88 Å². The van der Waals surface area contributed by atoms with Gasteiger partial charge in [0.1, 0.15) is 0 Å². The largest absolute Gasteiger partial charge is 0.335 e. The lowest BCUT2D eigenvalue weighted by atomic mass is 10.3. The molecule has 14 heavy (non-hydrogen) atoms. The molecule has 2 rings (SSSR count). The molecule has 0 aliphatic heterocycles. The van der Waals surface area contributed by atoms with E-state index < -0.39 is 0 Å². The first-order chi connectivity index (χ1) is 6.75. The molecule has 1 aromatic rings. The third-order valence-corrected chi connectivity index (χ3v) is 3.29. The number of carbonyl (C=O) groups excluding carboxylic acids is 1. The molecule has 1 fully saturated rings. The third-order valence-electron chi connectivity index (χ3n) is 2.23. The molecule has 1 atom stereocenters. The van der Waals surface area contributed by atoms with Gasteiger partial charge >= 0.3 is 6.03 Å². The van der Waals surface area contributed by atoms with Crippen molar-refractivity contribution >= 4 is 17.4 Å². The van der Waals surface area contributed by atoms with Crippen LogP contribution in [0.5, 0.6) is 0 Å². The van der Waals surface area contributed by atoms with Gasteiger partial charge in [-0.15, -0.1) is 11.3 Å². The topological polar surface area (TPSA) is 41.1 Å². The molecule has 2 amide bonds. The number of rotatable bonds is 3. The summed E-state index contributed by atoms with van der Waals surface area (Å²) in [5.74, 6) is 0. The quantitative estimate of drug-likeness (QED) is 0.789. The number of carbonyl (C=O) groups is 1. The van der Waals surface area contributed by atoms with Gasteiger partial charge in [0.05, 0.1) is 6.04 Å². The molecule has 0 bridgehead atoms. The van der Waals surface area contributed by atoms with Crippen LogP contribution in [0.25, 0.3) is 0 Å². The molecule has 1 heterocycles. The van der Waals surface area contributed by atoms with E-state index in [9.17, 15) is 4.79 Å². The molecule has 1 unspecified atom stereocenters. The maximum absolute atomic E-state index is 11.4. The fourth-order valence-corrected chi connectivity index (χ4v) is 1.99. The molecule has 4 heteroatoms. The van der Waals surface area contributed by atoms with Gasteiger partial charge in [0.25, 0.3) is 0 Å². The van der Waals surface area contributed by atoms with Crippen LogP contribution >= 0.6 is 11.3 Å². The summed E-state index contributed by atoms with van der Waals surface area (Å²) in [6.07, 6.45) is 2.25. The fourth-order valence-electron chi connectivity index (χ4n) is 1.26. The van der Waals surface area contributed by atoms with Crippen molar-refractivity contribution in [3.63, 3.8) is 0 Å². The van der Waals surface area contributed by atoms with Gasteiger partial charge in [-0.2, -0.15) is 0 Å². The predicted octanol–water partition coefficient (Wildman–Crippen LogP) is 2.27.